The zero-order valence-corrected chi connectivity index (χ0v) is 13.5. The summed E-state index contributed by atoms with van der Waals surface area (Å²) in [5.74, 6) is 2.05. The Morgan fingerprint density at radius 2 is 2.00 bits per heavy atom. The van der Waals surface area contributed by atoms with Crippen molar-refractivity contribution in [1.29, 1.82) is 0 Å². The monoisotopic (exact) mass is 293 g/mol. The number of hydrogen-bond donors (Lipinski definition) is 1. The molecule has 0 radical (unpaired) electrons. The zero-order valence-electron chi connectivity index (χ0n) is 13.5. The van der Waals surface area contributed by atoms with Gasteiger partial charge in [0, 0.05) is 11.6 Å². The summed E-state index contributed by atoms with van der Waals surface area (Å²) in [7, 11) is 3.62. The Hall–Kier alpha value is -1.09. The first-order chi connectivity index (χ1) is 10.2. The first-order valence-corrected chi connectivity index (χ1v) is 8.20. The first kappa shape index (κ1) is 16.3. The van der Waals surface area contributed by atoms with Gasteiger partial charge in [-0.05, 0) is 49.9 Å². The van der Waals surface area contributed by atoms with E-state index in [4.69, 9.17) is 4.74 Å². The third kappa shape index (κ3) is 3.97. The first-order valence-electron chi connectivity index (χ1n) is 8.20. The average molecular weight is 293 g/mol. The summed E-state index contributed by atoms with van der Waals surface area (Å²) in [4.78, 5) is 0. The Labute approximate surface area is 128 Å². The van der Waals surface area contributed by atoms with E-state index in [9.17, 15) is 4.39 Å². The third-order valence-corrected chi connectivity index (χ3v) is 4.90. The fraction of sp³-hybridized carbons (Fsp3) is 0.667. The van der Waals surface area contributed by atoms with E-state index < -0.39 is 0 Å². The molecule has 1 aliphatic rings. The smallest absolute Gasteiger partial charge is 0.123 e. The van der Waals surface area contributed by atoms with Crippen LogP contribution in [0.1, 0.15) is 57.1 Å². The second-order valence-corrected chi connectivity index (χ2v) is 6.22. The highest BCUT2D eigenvalue weighted by molar-refractivity contribution is 5.37. The fourth-order valence-electron chi connectivity index (χ4n) is 3.81. The zero-order chi connectivity index (χ0) is 15.2. The minimum Gasteiger partial charge on any atom is -0.496 e. The molecule has 2 nitrogen and oxygen atoms in total. The van der Waals surface area contributed by atoms with Gasteiger partial charge in [0.15, 0.2) is 0 Å². The molecule has 1 aromatic rings. The Morgan fingerprint density at radius 1 is 1.29 bits per heavy atom. The highest BCUT2D eigenvalue weighted by Crippen LogP contribution is 2.40. The molecule has 21 heavy (non-hydrogen) atoms. The molecule has 1 saturated carbocycles. The number of nitrogens with one attached hydrogen (secondary N) is 1. The molecule has 1 unspecified atom stereocenters. The molecule has 1 aliphatic carbocycles. The minimum atomic E-state index is -0.189. The van der Waals surface area contributed by atoms with Crippen LogP contribution in [-0.2, 0) is 0 Å². The predicted molar refractivity (Wildman–Crippen MR) is 85.1 cm³/mol. The van der Waals surface area contributed by atoms with E-state index in [1.165, 1.54) is 44.6 Å². The molecule has 1 N–H and O–H groups in total. The second kappa shape index (κ2) is 7.79. The quantitative estimate of drug-likeness (QED) is 0.820. The van der Waals surface area contributed by atoms with E-state index >= 15 is 0 Å². The molecule has 0 aliphatic heterocycles. The lowest BCUT2D eigenvalue weighted by atomic mass is 9.75. The average Bonchev–Trinajstić information content (AvgIpc) is 2.50. The molecule has 0 saturated heterocycles. The van der Waals surface area contributed by atoms with Crippen LogP contribution in [0.5, 0.6) is 5.75 Å². The van der Waals surface area contributed by atoms with Gasteiger partial charge in [-0.15, -0.1) is 0 Å². The van der Waals surface area contributed by atoms with Gasteiger partial charge in [0.05, 0.1) is 7.11 Å². The lowest BCUT2D eigenvalue weighted by Gasteiger charge is -2.34. The topological polar surface area (TPSA) is 21.3 Å². The number of hydrogen-bond acceptors (Lipinski definition) is 2. The van der Waals surface area contributed by atoms with Gasteiger partial charge in [0.1, 0.15) is 11.6 Å². The summed E-state index contributed by atoms with van der Waals surface area (Å²) in [5, 5.41) is 3.39. The number of ether oxygens (including phenoxy) is 1. The number of rotatable bonds is 6. The van der Waals surface area contributed by atoms with E-state index in [2.05, 4.69) is 12.2 Å². The van der Waals surface area contributed by atoms with Crippen LogP contribution >= 0.6 is 0 Å². The molecule has 0 aromatic heterocycles. The van der Waals surface area contributed by atoms with Crippen LogP contribution in [0.4, 0.5) is 4.39 Å². The number of benzene rings is 1. The molecule has 118 valence electrons. The van der Waals surface area contributed by atoms with Gasteiger partial charge in [0.2, 0.25) is 0 Å². The van der Waals surface area contributed by atoms with Crippen molar-refractivity contribution in [1.82, 2.24) is 5.32 Å². The summed E-state index contributed by atoms with van der Waals surface area (Å²) < 4.78 is 19.1. The summed E-state index contributed by atoms with van der Waals surface area (Å²) in [6, 6.07) is 5.00. The van der Waals surface area contributed by atoms with Crippen LogP contribution < -0.4 is 10.1 Å². The normalized spacial score (nSPS) is 23.8. The van der Waals surface area contributed by atoms with E-state index in [-0.39, 0.29) is 11.9 Å². The summed E-state index contributed by atoms with van der Waals surface area (Å²) in [6.07, 6.45) is 7.66. The van der Waals surface area contributed by atoms with E-state index in [1.54, 1.807) is 19.2 Å². The SMILES string of the molecule is CCCC1CCC(C(NC)c2cc(F)ccc2OC)CC1. The van der Waals surface area contributed by atoms with Crippen molar-refractivity contribution >= 4 is 0 Å². The van der Waals surface area contributed by atoms with E-state index in [1.807, 2.05) is 7.05 Å². The lowest BCUT2D eigenvalue weighted by Crippen LogP contribution is -2.29. The molecular weight excluding hydrogens is 265 g/mol. The van der Waals surface area contributed by atoms with Crippen molar-refractivity contribution in [3.05, 3.63) is 29.6 Å². The Bertz CT molecular complexity index is 441. The molecule has 2 rings (SSSR count). The third-order valence-electron chi connectivity index (χ3n) is 4.90. The molecule has 0 heterocycles. The Kier molecular flexibility index (Phi) is 6.04. The molecule has 1 fully saturated rings. The molecule has 1 atom stereocenters. The summed E-state index contributed by atoms with van der Waals surface area (Å²) in [6.45, 7) is 2.26. The number of halogens is 1. The Morgan fingerprint density at radius 3 is 2.57 bits per heavy atom. The maximum absolute atomic E-state index is 13.6. The molecule has 0 amide bonds. The van der Waals surface area contributed by atoms with E-state index in [0.717, 1.165) is 17.2 Å². The van der Waals surface area contributed by atoms with Gasteiger partial charge in [-0.2, -0.15) is 0 Å². The standard InChI is InChI=1S/C18H28FNO/c1-4-5-13-6-8-14(9-7-13)18(20-2)16-12-15(19)10-11-17(16)21-3/h10-14,18,20H,4-9H2,1-3H3. The summed E-state index contributed by atoms with van der Waals surface area (Å²) >= 11 is 0. The van der Waals surface area contributed by atoms with Gasteiger partial charge in [0.25, 0.3) is 0 Å². The fourth-order valence-corrected chi connectivity index (χ4v) is 3.81. The van der Waals surface area contributed by atoms with Crippen molar-refractivity contribution in [3.63, 3.8) is 0 Å². The van der Waals surface area contributed by atoms with Crippen molar-refractivity contribution in [2.24, 2.45) is 11.8 Å². The predicted octanol–water partition coefficient (Wildman–Crippen LogP) is 4.70. The molecule has 0 bridgehead atoms. The lowest BCUT2D eigenvalue weighted by molar-refractivity contribution is 0.217. The van der Waals surface area contributed by atoms with Crippen molar-refractivity contribution in [3.8, 4) is 5.75 Å². The molecule has 1 aromatic carbocycles. The Balaban J connectivity index is 2.12. The maximum atomic E-state index is 13.6. The van der Waals surface area contributed by atoms with Crippen LogP contribution in [0.2, 0.25) is 0 Å². The van der Waals surface area contributed by atoms with Gasteiger partial charge in [-0.25, -0.2) is 4.39 Å². The van der Waals surface area contributed by atoms with Crippen LogP contribution in [0, 0.1) is 17.7 Å². The van der Waals surface area contributed by atoms with Gasteiger partial charge >= 0.3 is 0 Å². The molecular formula is C18H28FNO. The van der Waals surface area contributed by atoms with Crippen molar-refractivity contribution in [2.75, 3.05) is 14.2 Å². The molecule has 0 spiro atoms. The highest BCUT2D eigenvalue weighted by atomic mass is 19.1. The number of methoxy groups -OCH3 is 1. The van der Waals surface area contributed by atoms with Crippen LogP contribution in [0.3, 0.4) is 0 Å². The van der Waals surface area contributed by atoms with Crippen LogP contribution in [0.25, 0.3) is 0 Å². The molecule has 3 heteroatoms. The van der Waals surface area contributed by atoms with Gasteiger partial charge in [-0.1, -0.05) is 32.6 Å². The largest absolute Gasteiger partial charge is 0.496 e. The second-order valence-electron chi connectivity index (χ2n) is 6.22. The van der Waals surface area contributed by atoms with Crippen LogP contribution in [0.15, 0.2) is 18.2 Å². The minimum absolute atomic E-state index is 0.179. The summed E-state index contributed by atoms with van der Waals surface area (Å²) in [5.41, 5.74) is 0.957. The van der Waals surface area contributed by atoms with E-state index in [0.29, 0.717) is 5.92 Å². The highest BCUT2D eigenvalue weighted by Gasteiger charge is 2.29. The van der Waals surface area contributed by atoms with Crippen LogP contribution in [-0.4, -0.2) is 14.2 Å². The van der Waals surface area contributed by atoms with Crippen molar-refractivity contribution < 1.29 is 9.13 Å². The van der Waals surface area contributed by atoms with Crippen molar-refractivity contribution in [2.45, 2.75) is 51.5 Å². The maximum Gasteiger partial charge on any atom is 0.123 e. The van der Waals surface area contributed by atoms with Gasteiger partial charge in [-0.3, -0.25) is 0 Å². The van der Waals surface area contributed by atoms with Gasteiger partial charge < -0.3 is 10.1 Å².